The van der Waals surface area contributed by atoms with Crippen molar-refractivity contribution in [1.29, 1.82) is 0 Å². The lowest BCUT2D eigenvalue weighted by molar-refractivity contribution is 0.0949. The van der Waals surface area contributed by atoms with Crippen LogP contribution in [0, 0.1) is 11.8 Å². The second-order valence-corrected chi connectivity index (χ2v) is 8.47. The van der Waals surface area contributed by atoms with Crippen LogP contribution in [-0.2, 0) is 18.5 Å². The van der Waals surface area contributed by atoms with Crippen molar-refractivity contribution in [2.45, 2.75) is 32.4 Å². The summed E-state index contributed by atoms with van der Waals surface area (Å²) in [5.74, 6) is 5.09. The molecule has 0 radical (unpaired) electrons. The van der Waals surface area contributed by atoms with Crippen LogP contribution in [0.3, 0.4) is 0 Å². The molecule has 0 bridgehead atoms. The van der Waals surface area contributed by atoms with Crippen LogP contribution in [-0.4, -0.2) is 22.2 Å². The van der Waals surface area contributed by atoms with Gasteiger partial charge in [-0.25, -0.2) is 0 Å². The number of halogens is 1. The van der Waals surface area contributed by atoms with Gasteiger partial charge < -0.3 is 15.0 Å². The van der Waals surface area contributed by atoms with Crippen molar-refractivity contribution in [2.24, 2.45) is 0 Å². The number of rotatable bonds is 3. The number of amides is 1. The first-order chi connectivity index (χ1) is 14.3. The van der Waals surface area contributed by atoms with E-state index in [1.54, 1.807) is 24.4 Å². The van der Waals surface area contributed by atoms with Gasteiger partial charge in [-0.2, -0.15) is 0 Å². The summed E-state index contributed by atoms with van der Waals surface area (Å²) in [5, 5.41) is 12.9. The van der Waals surface area contributed by atoms with Gasteiger partial charge in [0.2, 0.25) is 5.43 Å². The Bertz CT molecular complexity index is 1280. The van der Waals surface area contributed by atoms with Crippen molar-refractivity contribution >= 4 is 28.4 Å². The van der Waals surface area contributed by atoms with Gasteiger partial charge in [-0.1, -0.05) is 35.6 Å². The van der Waals surface area contributed by atoms with Crippen LogP contribution < -0.4 is 10.7 Å². The minimum absolute atomic E-state index is 0.102. The summed E-state index contributed by atoms with van der Waals surface area (Å²) in [6.45, 7) is 4.19. The number of aromatic nitrogens is 1. The van der Waals surface area contributed by atoms with Gasteiger partial charge in [-0.3, -0.25) is 9.59 Å². The first-order valence-corrected chi connectivity index (χ1v) is 10.0. The molecule has 1 amide bonds. The van der Waals surface area contributed by atoms with Crippen molar-refractivity contribution in [1.82, 2.24) is 9.88 Å². The Morgan fingerprint density at radius 2 is 2.00 bits per heavy atom. The Morgan fingerprint density at radius 1 is 1.27 bits per heavy atom. The average Bonchev–Trinajstić information content (AvgIpc) is 2.97. The molecule has 6 heteroatoms. The third-order valence-corrected chi connectivity index (χ3v) is 5.63. The predicted molar refractivity (Wildman–Crippen MR) is 118 cm³/mol. The van der Waals surface area contributed by atoms with E-state index in [1.165, 1.54) is 0 Å². The van der Waals surface area contributed by atoms with Crippen molar-refractivity contribution in [2.75, 3.05) is 6.61 Å². The Morgan fingerprint density at radius 3 is 2.70 bits per heavy atom. The molecule has 2 aromatic carbocycles. The maximum absolute atomic E-state index is 13.2. The predicted octanol–water partition coefficient (Wildman–Crippen LogP) is 3.22. The van der Waals surface area contributed by atoms with Crippen LogP contribution in [0.4, 0.5) is 0 Å². The number of aliphatic hydroxyl groups excluding tert-OH is 1. The van der Waals surface area contributed by atoms with Gasteiger partial charge in [-0.15, -0.1) is 0 Å². The molecule has 0 aliphatic carbocycles. The smallest absolute Gasteiger partial charge is 0.257 e. The maximum atomic E-state index is 13.2. The highest BCUT2D eigenvalue weighted by molar-refractivity contribution is 6.30. The normalized spacial score (nSPS) is 13.7. The molecule has 1 aliphatic heterocycles. The summed E-state index contributed by atoms with van der Waals surface area (Å²) >= 11 is 5.90. The number of carbonyl (C=O) groups excluding carboxylic acids is 1. The van der Waals surface area contributed by atoms with E-state index in [9.17, 15) is 9.59 Å². The van der Waals surface area contributed by atoms with Crippen LogP contribution in [0.1, 0.15) is 40.9 Å². The number of pyridine rings is 1. The molecule has 3 aromatic rings. The zero-order valence-corrected chi connectivity index (χ0v) is 17.5. The summed E-state index contributed by atoms with van der Waals surface area (Å²) in [6, 6.07) is 10.8. The maximum Gasteiger partial charge on any atom is 0.257 e. The zero-order valence-electron chi connectivity index (χ0n) is 16.8. The highest BCUT2D eigenvalue weighted by atomic mass is 35.5. The molecule has 2 N–H and O–H groups in total. The van der Waals surface area contributed by atoms with Crippen LogP contribution in [0.25, 0.3) is 10.9 Å². The van der Waals surface area contributed by atoms with Crippen molar-refractivity contribution in [3.63, 3.8) is 0 Å². The Hall–Kier alpha value is -3.07. The van der Waals surface area contributed by atoms with E-state index in [4.69, 9.17) is 16.7 Å². The number of aliphatic hydroxyl groups is 1. The van der Waals surface area contributed by atoms with E-state index >= 15 is 0 Å². The van der Waals surface area contributed by atoms with Gasteiger partial charge in [0.25, 0.3) is 5.91 Å². The Kier molecular flexibility index (Phi) is 5.15. The standard InChI is InChI=1S/C24H21ClN2O3/c1-24(2)12-17-10-16(4-3-9-28)11-19-21(17)27(24)14-20(22(19)29)23(30)26-13-15-5-7-18(25)8-6-15/h5-8,10-11,14,28H,9,12-13H2,1-2H3,(H,26,30). The molecule has 4 rings (SSSR count). The molecule has 2 heterocycles. The monoisotopic (exact) mass is 420 g/mol. The third kappa shape index (κ3) is 3.60. The molecular formula is C24H21ClN2O3. The van der Waals surface area contributed by atoms with Gasteiger partial charge in [0.05, 0.1) is 5.52 Å². The fourth-order valence-electron chi connectivity index (χ4n) is 3.97. The van der Waals surface area contributed by atoms with E-state index in [0.29, 0.717) is 22.5 Å². The van der Waals surface area contributed by atoms with E-state index in [1.807, 2.05) is 22.8 Å². The molecule has 0 unspecified atom stereocenters. The van der Waals surface area contributed by atoms with E-state index in [-0.39, 0.29) is 23.1 Å². The molecule has 0 saturated heterocycles. The number of carbonyl (C=O) groups is 1. The van der Waals surface area contributed by atoms with Crippen molar-refractivity contribution in [3.05, 3.63) is 80.1 Å². The van der Waals surface area contributed by atoms with Gasteiger partial charge in [0.15, 0.2) is 0 Å². The van der Waals surface area contributed by atoms with Crippen LogP contribution in [0.15, 0.2) is 47.4 Å². The van der Waals surface area contributed by atoms with Gasteiger partial charge >= 0.3 is 0 Å². The van der Waals surface area contributed by atoms with Crippen LogP contribution in [0.5, 0.6) is 0 Å². The summed E-state index contributed by atoms with van der Waals surface area (Å²) in [7, 11) is 0. The molecule has 30 heavy (non-hydrogen) atoms. The number of nitrogens with zero attached hydrogens (tertiary/aromatic N) is 1. The SMILES string of the molecule is CC1(C)Cc2cc(C#CCO)cc3c(=O)c(C(=O)NCc4ccc(Cl)cc4)cn1c23. The van der Waals surface area contributed by atoms with Crippen LogP contribution in [0.2, 0.25) is 5.02 Å². The second kappa shape index (κ2) is 7.64. The lowest BCUT2D eigenvalue weighted by Gasteiger charge is -2.23. The quantitative estimate of drug-likeness (QED) is 0.639. The molecule has 0 atom stereocenters. The fraction of sp³-hybridized carbons (Fsp3) is 0.250. The number of benzene rings is 2. The zero-order chi connectivity index (χ0) is 21.5. The largest absolute Gasteiger partial charge is 0.384 e. The minimum Gasteiger partial charge on any atom is -0.384 e. The van der Waals surface area contributed by atoms with E-state index in [2.05, 4.69) is 31.0 Å². The van der Waals surface area contributed by atoms with E-state index < -0.39 is 5.91 Å². The molecule has 152 valence electrons. The van der Waals surface area contributed by atoms with E-state index in [0.717, 1.165) is 23.1 Å². The van der Waals surface area contributed by atoms with Crippen molar-refractivity contribution < 1.29 is 9.90 Å². The average molecular weight is 421 g/mol. The van der Waals surface area contributed by atoms with Gasteiger partial charge in [-0.05, 0) is 55.7 Å². The number of hydrogen-bond acceptors (Lipinski definition) is 3. The summed E-state index contributed by atoms with van der Waals surface area (Å²) in [6.07, 6.45) is 2.39. The molecule has 1 aromatic heterocycles. The second-order valence-electron chi connectivity index (χ2n) is 8.03. The molecule has 0 fully saturated rings. The molecule has 5 nitrogen and oxygen atoms in total. The van der Waals surface area contributed by atoms with Crippen LogP contribution >= 0.6 is 11.6 Å². The summed E-state index contributed by atoms with van der Waals surface area (Å²) < 4.78 is 2.01. The number of hydrogen-bond donors (Lipinski definition) is 2. The van der Waals surface area contributed by atoms with Gasteiger partial charge in [0.1, 0.15) is 12.2 Å². The molecule has 1 aliphatic rings. The lowest BCUT2D eigenvalue weighted by atomic mass is 9.98. The highest BCUT2D eigenvalue weighted by Crippen LogP contribution is 2.36. The number of nitrogens with one attached hydrogen (secondary N) is 1. The topological polar surface area (TPSA) is 71.3 Å². The molecule has 0 saturated carbocycles. The van der Waals surface area contributed by atoms with Crippen molar-refractivity contribution in [3.8, 4) is 11.8 Å². The lowest BCUT2D eigenvalue weighted by Crippen LogP contribution is -2.31. The fourth-order valence-corrected chi connectivity index (χ4v) is 4.09. The summed E-state index contributed by atoms with van der Waals surface area (Å²) in [4.78, 5) is 26.1. The first kappa shape index (κ1) is 20.2. The highest BCUT2D eigenvalue weighted by Gasteiger charge is 2.32. The molecule has 0 spiro atoms. The minimum atomic E-state index is -0.420. The Labute approximate surface area is 179 Å². The van der Waals surface area contributed by atoms with Gasteiger partial charge in [0, 0.05) is 34.3 Å². The first-order valence-electron chi connectivity index (χ1n) is 9.65. The third-order valence-electron chi connectivity index (χ3n) is 5.38. The Balaban J connectivity index is 1.77. The summed E-state index contributed by atoms with van der Waals surface area (Å²) in [5.41, 5.74) is 2.92. The molecular weight excluding hydrogens is 400 g/mol.